The van der Waals surface area contributed by atoms with Gasteiger partial charge in [0.15, 0.2) is 0 Å². The van der Waals surface area contributed by atoms with Gasteiger partial charge in [-0.1, -0.05) is 40.5 Å². The van der Waals surface area contributed by atoms with E-state index in [4.69, 9.17) is 4.74 Å². The molecule has 1 fully saturated rings. The molecule has 5 heteroatoms. The highest BCUT2D eigenvalue weighted by molar-refractivity contribution is 5.92. The predicted octanol–water partition coefficient (Wildman–Crippen LogP) is 3.28. The number of nitrogens with zero attached hydrogens (tertiary/aromatic N) is 2. The minimum Gasteiger partial charge on any atom is -0.375 e. The third-order valence-corrected chi connectivity index (χ3v) is 4.21. The Labute approximate surface area is 139 Å². The van der Waals surface area contributed by atoms with Gasteiger partial charge < -0.3 is 9.64 Å². The van der Waals surface area contributed by atoms with Crippen LogP contribution in [0.1, 0.15) is 63.1 Å². The zero-order valence-electron chi connectivity index (χ0n) is 15.0. The number of aromatic nitrogens is 2. The van der Waals surface area contributed by atoms with Gasteiger partial charge in [0.2, 0.25) is 0 Å². The summed E-state index contributed by atoms with van der Waals surface area (Å²) in [6, 6.07) is 1.89. The normalized spacial score (nSPS) is 18.9. The Morgan fingerprint density at radius 1 is 1.39 bits per heavy atom. The molecule has 0 bridgehead atoms. The molecule has 130 valence electrons. The second-order valence-electron chi connectivity index (χ2n) is 7.45. The topological polar surface area (TPSA) is 58.2 Å². The maximum Gasteiger partial charge on any atom is 0.274 e. The molecule has 0 radical (unpaired) electrons. The van der Waals surface area contributed by atoms with Gasteiger partial charge >= 0.3 is 0 Å². The van der Waals surface area contributed by atoms with Crippen LogP contribution >= 0.6 is 0 Å². The van der Waals surface area contributed by atoms with Crippen LogP contribution in [-0.2, 0) is 11.2 Å². The Morgan fingerprint density at radius 2 is 2.17 bits per heavy atom. The van der Waals surface area contributed by atoms with Gasteiger partial charge in [0, 0.05) is 18.8 Å². The molecular formula is C18H31N3O2. The first-order chi connectivity index (χ1) is 11.0. The zero-order valence-corrected chi connectivity index (χ0v) is 15.0. The van der Waals surface area contributed by atoms with Gasteiger partial charge in [0.05, 0.1) is 12.7 Å². The van der Waals surface area contributed by atoms with Crippen LogP contribution in [0, 0.1) is 11.8 Å². The molecule has 1 N–H and O–H groups in total. The lowest BCUT2D eigenvalue weighted by Gasteiger charge is -2.32. The largest absolute Gasteiger partial charge is 0.375 e. The quantitative estimate of drug-likeness (QED) is 0.838. The van der Waals surface area contributed by atoms with E-state index >= 15 is 0 Å². The molecule has 0 unspecified atom stereocenters. The number of nitrogens with one attached hydrogen (secondary N) is 1. The Kier molecular flexibility index (Phi) is 6.63. The van der Waals surface area contributed by atoms with Gasteiger partial charge in [-0.15, -0.1) is 0 Å². The van der Waals surface area contributed by atoms with E-state index in [0.29, 0.717) is 31.3 Å². The highest BCUT2D eigenvalue weighted by atomic mass is 16.5. The van der Waals surface area contributed by atoms with Gasteiger partial charge in [-0.25, -0.2) is 0 Å². The second kappa shape index (κ2) is 8.48. The van der Waals surface area contributed by atoms with E-state index < -0.39 is 0 Å². The molecule has 1 aliphatic rings. The van der Waals surface area contributed by atoms with Crippen molar-refractivity contribution < 1.29 is 9.53 Å². The van der Waals surface area contributed by atoms with Crippen LogP contribution in [0.3, 0.4) is 0 Å². The Bertz CT molecular complexity index is 496. The van der Waals surface area contributed by atoms with Crippen molar-refractivity contribution in [3.8, 4) is 0 Å². The number of rotatable bonds is 7. The van der Waals surface area contributed by atoms with Gasteiger partial charge in [0.1, 0.15) is 5.69 Å². The van der Waals surface area contributed by atoms with Crippen LogP contribution in [0.25, 0.3) is 0 Å². The van der Waals surface area contributed by atoms with E-state index in [-0.39, 0.29) is 12.0 Å². The summed E-state index contributed by atoms with van der Waals surface area (Å²) in [6.45, 7) is 10.8. The standard InChI is InChI=1S/C18H31N3O2/c1-13(2)6-5-7-16-12-21(8-9-23-16)18(22)17-11-15(19-20-17)10-14(3)4/h11,13-14,16H,5-10,12H2,1-4H3,(H,19,20)/t16-/m0/s1. The van der Waals surface area contributed by atoms with Crippen molar-refractivity contribution in [1.29, 1.82) is 0 Å². The molecule has 1 saturated heterocycles. The van der Waals surface area contributed by atoms with Crippen LogP contribution < -0.4 is 0 Å². The number of amides is 1. The van der Waals surface area contributed by atoms with Gasteiger partial charge in [-0.2, -0.15) is 5.10 Å². The fraction of sp³-hybridized carbons (Fsp3) is 0.778. The summed E-state index contributed by atoms with van der Waals surface area (Å²) in [4.78, 5) is 14.5. The Morgan fingerprint density at radius 3 is 2.87 bits per heavy atom. The molecule has 0 aromatic carbocycles. The van der Waals surface area contributed by atoms with Crippen molar-refractivity contribution >= 4 is 5.91 Å². The van der Waals surface area contributed by atoms with Gasteiger partial charge in [0.25, 0.3) is 5.91 Å². The van der Waals surface area contributed by atoms with Gasteiger partial charge in [-0.3, -0.25) is 9.89 Å². The number of ether oxygens (including phenoxy) is 1. The summed E-state index contributed by atoms with van der Waals surface area (Å²) in [5.41, 5.74) is 1.56. The summed E-state index contributed by atoms with van der Waals surface area (Å²) in [5.74, 6) is 1.29. The highest BCUT2D eigenvalue weighted by Gasteiger charge is 2.26. The molecule has 1 aromatic rings. The van der Waals surface area contributed by atoms with Crippen LogP contribution in [-0.4, -0.2) is 46.8 Å². The van der Waals surface area contributed by atoms with E-state index in [2.05, 4.69) is 37.9 Å². The third-order valence-electron chi connectivity index (χ3n) is 4.21. The van der Waals surface area contributed by atoms with Gasteiger partial charge in [-0.05, 0) is 30.7 Å². The van der Waals surface area contributed by atoms with Crippen LogP contribution in [0.15, 0.2) is 6.07 Å². The molecule has 1 amide bonds. The van der Waals surface area contributed by atoms with E-state index in [9.17, 15) is 4.79 Å². The van der Waals surface area contributed by atoms with Crippen molar-refractivity contribution in [2.45, 2.75) is 59.5 Å². The minimum atomic E-state index is 0.0217. The second-order valence-corrected chi connectivity index (χ2v) is 7.45. The number of morpholine rings is 1. The summed E-state index contributed by atoms with van der Waals surface area (Å²) in [6.07, 6.45) is 4.49. The highest BCUT2D eigenvalue weighted by Crippen LogP contribution is 2.16. The minimum absolute atomic E-state index is 0.0217. The average Bonchev–Trinajstić information content (AvgIpc) is 2.94. The first kappa shape index (κ1) is 18.0. The number of hydrogen-bond donors (Lipinski definition) is 1. The zero-order chi connectivity index (χ0) is 16.8. The third kappa shape index (κ3) is 5.65. The number of aromatic amines is 1. The first-order valence-electron chi connectivity index (χ1n) is 8.91. The SMILES string of the molecule is CC(C)CCC[C@H]1CN(C(=O)c2cc(CC(C)C)[nH]n2)CCO1. The molecule has 0 spiro atoms. The van der Waals surface area contributed by atoms with Crippen molar-refractivity contribution in [1.82, 2.24) is 15.1 Å². The van der Waals surface area contributed by atoms with E-state index in [0.717, 1.165) is 30.9 Å². The van der Waals surface area contributed by atoms with E-state index in [1.807, 2.05) is 11.0 Å². The lowest BCUT2D eigenvalue weighted by molar-refractivity contribution is -0.0262. The molecular weight excluding hydrogens is 290 g/mol. The first-order valence-corrected chi connectivity index (χ1v) is 8.91. The number of carbonyl (C=O) groups is 1. The maximum atomic E-state index is 12.6. The molecule has 2 heterocycles. The monoisotopic (exact) mass is 321 g/mol. The molecule has 0 saturated carbocycles. The maximum absolute atomic E-state index is 12.6. The average molecular weight is 321 g/mol. The predicted molar refractivity (Wildman–Crippen MR) is 91.5 cm³/mol. The molecule has 23 heavy (non-hydrogen) atoms. The van der Waals surface area contributed by atoms with Crippen molar-refractivity contribution in [3.05, 3.63) is 17.5 Å². The fourth-order valence-corrected chi connectivity index (χ4v) is 3.01. The van der Waals surface area contributed by atoms with E-state index in [1.165, 1.54) is 6.42 Å². The van der Waals surface area contributed by atoms with Crippen LogP contribution in [0.5, 0.6) is 0 Å². The van der Waals surface area contributed by atoms with Crippen LogP contribution in [0.2, 0.25) is 0 Å². The number of H-pyrrole nitrogens is 1. The molecule has 2 rings (SSSR count). The number of hydrogen-bond acceptors (Lipinski definition) is 3. The fourth-order valence-electron chi connectivity index (χ4n) is 3.01. The Hall–Kier alpha value is -1.36. The smallest absolute Gasteiger partial charge is 0.274 e. The van der Waals surface area contributed by atoms with Crippen molar-refractivity contribution in [2.75, 3.05) is 19.7 Å². The summed E-state index contributed by atoms with van der Waals surface area (Å²) < 4.78 is 5.81. The van der Waals surface area contributed by atoms with E-state index in [1.54, 1.807) is 0 Å². The molecule has 1 atom stereocenters. The lowest BCUT2D eigenvalue weighted by atomic mass is 10.0. The van der Waals surface area contributed by atoms with Crippen LogP contribution in [0.4, 0.5) is 0 Å². The Balaban J connectivity index is 1.87. The van der Waals surface area contributed by atoms with Crippen molar-refractivity contribution in [3.63, 3.8) is 0 Å². The molecule has 1 aromatic heterocycles. The molecule has 5 nitrogen and oxygen atoms in total. The summed E-state index contributed by atoms with van der Waals surface area (Å²) in [7, 11) is 0. The lowest BCUT2D eigenvalue weighted by Crippen LogP contribution is -2.45. The number of carbonyl (C=O) groups excluding carboxylic acids is 1. The molecule has 0 aliphatic carbocycles. The molecule has 1 aliphatic heterocycles. The van der Waals surface area contributed by atoms with Crippen molar-refractivity contribution in [2.24, 2.45) is 11.8 Å². The summed E-state index contributed by atoms with van der Waals surface area (Å²) >= 11 is 0. The summed E-state index contributed by atoms with van der Waals surface area (Å²) in [5, 5.41) is 7.18.